The number of hydrogen-bond donors (Lipinski definition) is 2. The zero-order chi connectivity index (χ0) is 16.7. The lowest BCUT2D eigenvalue weighted by atomic mass is 10.1. The lowest BCUT2D eigenvalue weighted by molar-refractivity contribution is -0.139. The van der Waals surface area contributed by atoms with E-state index in [2.05, 4.69) is 21.2 Å². The van der Waals surface area contributed by atoms with E-state index in [1.54, 1.807) is 6.07 Å². The van der Waals surface area contributed by atoms with Crippen molar-refractivity contribution >= 4 is 27.8 Å². The molecule has 1 aromatic rings. The van der Waals surface area contributed by atoms with Gasteiger partial charge in [-0.1, -0.05) is 13.3 Å². The molecular formula is C15H20BrNO5. The number of methoxy groups -OCH3 is 1. The summed E-state index contributed by atoms with van der Waals surface area (Å²) in [4.78, 5) is 23.3. The average molecular weight is 374 g/mol. The van der Waals surface area contributed by atoms with E-state index in [0.29, 0.717) is 41.0 Å². The highest BCUT2D eigenvalue weighted by molar-refractivity contribution is 9.10. The molecular weight excluding hydrogens is 354 g/mol. The second-order valence-electron chi connectivity index (χ2n) is 4.58. The molecule has 0 fully saturated rings. The summed E-state index contributed by atoms with van der Waals surface area (Å²) >= 11 is 3.33. The quantitative estimate of drug-likeness (QED) is 0.731. The predicted molar refractivity (Wildman–Crippen MR) is 85.7 cm³/mol. The number of carboxylic acids is 1. The van der Waals surface area contributed by atoms with Crippen molar-refractivity contribution in [3.8, 4) is 11.5 Å². The van der Waals surface area contributed by atoms with E-state index in [1.807, 2.05) is 13.8 Å². The van der Waals surface area contributed by atoms with Crippen molar-refractivity contribution in [3.63, 3.8) is 0 Å². The fraction of sp³-hybridized carbons (Fsp3) is 0.467. The molecule has 1 unspecified atom stereocenters. The number of carboxylic acid groups (broad SMARTS) is 1. The fourth-order valence-electron chi connectivity index (χ4n) is 1.92. The number of ether oxygens (including phenoxy) is 2. The lowest BCUT2D eigenvalue weighted by Gasteiger charge is -2.16. The molecule has 0 spiro atoms. The highest BCUT2D eigenvalue weighted by Gasteiger charge is 2.21. The van der Waals surface area contributed by atoms with E-state index in [0.717, 1.165) is 0 Å². The van der Waals surface area contributed by atoms with Crippen LogP contribution in [0.3, 0.4) is 0 Å². The van der Waals surface area contributed by atoms with Gasteiger partial charge >= 0.3 is 5.97 Å². The van der Waals surface area contributed by atoms with Crippen LogP contribution < -0.4 is 14.8 Å². The Balaban J connectivity index is 3.03. The number of nitrogens with one attached hydrogen (secondary N) is 1. The summed E-state index contributed by atoms with van der Waals surface area (Å²) in [5, 5.41) is 11.6. The largest absolute Gasteiger partial charge is 0.493 e. The Morgan fingerprint density at radius 1 is 1.36 bits per heavy atom. The standard InChI is InChI=1S/C15H20BrNO5/c1-4-6-11(15(19)20)17-14(18)9-7-10(16)13(22-5-2)12(8-9)21-3/h7-8,11H,4-6H2,1-3H3,(H,17,18)(H,19,20). The first-order valence-corrected chi connectivity index (χ1v) is 7.77. The molecule has 0 bridgehead atoms. The number of rotatable bonds is 8. The maximum Gasteiger partial charge on any atom is 0.326 e. The molecule has 1 rings (SSSR count). The first-order valence-electron chi connectivity index (χ1n) is 6.98. The van der Waals surface area contributed by atoms with Crippen molar-refractivity contribution in [2.45, 2.75) is 32.7 Å². The van der Waals surface area contributed by atoms with Gasteiger partial charge in [0, 0.05) is 5.56 Å². The molecule has 1 aromatic carbocycles. The minimum absolute atomic E-state index is 0.300. The Kier molecular flexibility index (Phi) is 7.17. The third-order valence-electron chi connectivity index (χ3n) is 2.96. The van der Waals surface area contributed by atoms with Gasteiger partial charge in [0.05, 0.1) is 18.2 Å². The van der Waals surface area contributed by atoms with E-state index >= 15 is 0 Å². The monoisotopic (exact) mass is 373 g/mol. The molecule has 22 heavy (non-hydrogen) atoms. The van der Waals surface area contributed by atoms with Gasteiger partial charge in [-0.2, -0.15) is 0 Å². The molecule has 0 saturated heterocycles. The molecule has 0 radical (unpaired) electrons. The van der Waals surface area contributed by atoms with Crippen LogP contribution in [-0.2, 0) is 4.79 Å². The van der Waals surface area contributed by atoms with E-state index < -0.39 is 17.9 Å². The van der Waals surface area contributed by atoms with Crippen LogP contribution in [0.2, 0.25) is 0 Å². The number of hydrogen-bond acceptors (Lipinski definition) is 4. The number of aliphatic carboxylic acids is 1. The number of carbonyl (C=O) groups is 2. The Morgan fingerprint density at radius 3 is 2.55 bits per heavy atom. The first-order chi connectivity index (χ1) is 10.4. The van der Waals surface area contributed by atoms with Crippen molar-refractivity contribution in [2.24, 2.45) is 0 Å². The lowest BCUT2D eigenvalue weighted by Crippen LogP contribution is -2.40. The molecule has 1 amide bonds. The van der Waals surface area contributed by atoms with Gasteiger partial charge in [-0.25, -0.2) is 4.79 Å². The smallest absolute Gasteiger partial charge is 0.326 e. The topological polar surface area (TPSA) is 84.9 Å². The Bertz CT molecular complexity index is 547. The van der Waals surface area contributed by atoms with Crippen LogP contribution in [0.25, 0.3) is 0 Å². The second-order valence-corrected chi connectivity index (χ2v) is 5.43. The van der Waals surface area contributed by atoms with Crippen LogP contribution in [0.1, 0.15) is 37.0 Å². The SMILES string of the molecule is CCCC(NC(=O)c1cc(Br)c(OCC)c(OC)c1)C(=O)O. The third kappa shape index (κ3) is 4.62. The van der Waals surface area contributed by atoms with Crippen molar-refractivity contribution in [1.82, 2.24) is 5.32 Å². The highest BCUT2D eigenvalue weighted by Crippen LogP contribution is 2.36. The van der Waals surface area contributed by atoms with Crippen LogP contribution in [0, 0.1) is 0 Å². The van der Waals surface area contributed by atoms with Crippen molar-refractivity contribution in [2.75, 3.05) is 13.7 Å². The summed E-state index contributed by atoms with van der Waals surface area (Å²) in [7, 11) is 1.48. The maximum atomic E-state index is 12.2. The van der Waals surface area contributed by atoms with Gasteiger partial charge in [0.25, 0.3) is 5.91 Å². The molecule has 0 aliphatic rings. The normalized spacial score (nSPS) is 11.6. The summed E-state index contributed by atoms with van der Waals surface area (Å²) in [5.74, 6) is -0.608. The Morgan fingerprint density at radius 2 is 2.05 bits per heavy atom. The number of benzene rings is 1. The molecule has 6 nitrogen and oxygen atoms in total. The van der Waals surface area contributed by atoms with Crippen LogP contribution in [0.4, 0.5) is 0 Å². The summed E-state index contributed by atoms with van der Waals surface area (Å²) in [5.41, 5.74) is 0.300. The van der Waals surface area contributed by atoms with Crippen molar-refractivity contribution in [1.29, 1.82) is 0 Å². The molecule has 0 aromatic heterocycles. The predicted octanol–water partition coefficient (Wildman–Crippen LogP) is 2.84. The molecule has 7 heteroatoms. The summed E-state index contributed by atoms with van der Waals surface area (Å²) in [6.45, 7) is 4.16. The van der Waals surface area contributed by atoms with E-state index in [1.165, 1.54) is 13.2 Å². The van der Waals surface area contributed by atoms with Crippen LogP contribution in [0.15, 0.2) is 16.6 Å². The summed E-state index contributed by atoms with van der Waals surface area (Å²) in [6.07, 6.45) is 1.03. The molecule has 0 heterocycles. The second kappa shape index (κ2) is 8.63. The van der Waals surface area contributed by atoms with Crippen molar-refractivity contribution < 1.29 is 24.2 Å². The number of amides is 1. The van der Waals surface area contributed by atoms with Gasteiger partial charge in [0.15, 0.2) is 11.5 Å². The van der Waals surface area contributed by atoms with Gasteiger partial charge < -0.3 is 19.9 Å². The van der Waals surface area contributed by atoms with Crippen LogP contribution >= 0.6 is 15.9 Å². The van der Waals surface area contributed by atoms with Gasteiger partial charge in [-0.05, 0) is 41.4 Å². The minimum atomic E-state index is -1.05. The number of carbonyl (C=O) groups excluding carboxylic acids is 1. The summed E-state index contributed by atoms with van der Waals surface area (Å²) < 4.78 is 11.2. The van der Waals surface area contributed by atoms with E-state index in [4.69, 9.17) is 14.6 Å². The molecule has 2 N–H and O–H groups in total. The van der Waals surface area contributed by atoms with E-state index in [9.17, 15) is 9.59 Å². The minimum Gasteiger partial charge on any atom is -0.493 e. The van der Waals surface area contributed by atoms with Crippen LogP contribution in [0.5, 0.6) is 11.5 Å². The fourth-order valence-corrected chi connectivity index (χ4v) is 2.48. The Labute approximate surface area is 137 Å². The maximum absolute atomic E-state index is 12.2. The van der Waals surface area contributed by atoms with Gasteiger partial charge in [-0.15, -0.1) is 0 Å². The zero-order valence-corrected chi connectivity index (χ0v) is 14.4. The highest BCUT2D eigenvalue weighted by atomic mass is 79.9. The van der Waals surface area contributed by atoms with Crippen LogP contribution in [-0.4, -0.2) is 36.7 Å². The van der Waals surface area contributed by atoms with Gasteiger partial charge in [0.2, 0.25) is 0 Å². The molecule has 0 saturated carbocycles. The van der Waals surface area contributed by atoms with Crippen molar-refractivity contribution in [3.05, 3.63) is 22.2 Å². The zero-order valence-electron chi connectivity index (χ0n) is 12.8. The molecule has 1 atom stereocenters. The Hall–Kier alpha value is -1.76. The average Bonchev–Trinajstić information content (AvgIpc) is 2.48. The van der Waals surface area contributed by atoms with Gasteiger partial charge in [-0.3, -0.25) is 4.79 Å². The van der Waals surface area contributed by atoms with Gasteiger partial charge in [0.1, 0.15) is 6.04 Å². The molecule has 0 aliphatic carbocycles. The molecule has 122 valence electrons. The summed E-state index contributed by atoms with van der Waals surface area (Å²) in [6, 6.07) is 2.19. The molecule has 0 aliphatic heterocycles. The third-order valence-corrected chi connectivity index (χ3v) is 3.55. The number of halogens is 1. The van der Waals surface area contributed by atoms with E-state index in [-0.39, 0.29) is 0 Å². The first kappa shape index (κ1) is 18.3.